The Morgan fingerprint density at radius 2 is 1.83 bits per heavy atom. The van der Waals surface area contributed by atoms with Gasteiger partial charge in [0.25, 0.3) is 0 Å². The highest BCUT2D eigenvalue weighted by atomic mass is 32.1. The van der Waals surface area contributed by atoms with Crippen molar-refractivity contribution in [2.75, 3.05) is 5.32 Å². The number of thiocarbonyl (C=S) groups is 2. The predicted molar refractivity (Wildman–Crippen MR) is 103 cm³/mol. The Bertz CT molecular complexity index is 617. The second kappa shape index (κ2) is 7.01. The number of aryl methyl sites for hydroxylation is 2. The fourth-order valence-electron chi connectivity index (χ4n) is 3.85. The first-order chi connectivity index (χ1) is 11.0. The molecule has 6 heteroatoms. The molecule has 124 valence electrons. The van der Waals surface area contributed by atoms with Gasteiger partial charge in [-0.25, -0.2) is 0 Å². The molecule has 0 radical (unpaired) electrons. The van der Waals surface area contributed by atoms with E-state index in [1.807, 2.05) is 6.07 Å². The minimum absolute atomic E-state index is 0.508. The van der Waals surface area contributed by atoms with E-state index in [1.54, 1.807) is 0 Å². The van der Waals surface area contributed by atoms with Crippen molar-refractivity contribution in [1.82, 2.24) is 16.2 Å². The van der Waals surface area contributed by atoms with Gasteiger partial charge in [-0.2, -0.15) is 0 Å². The zero-order valence-electron chi connectivity index (χ0n) is 13.6. The third-order valence-corrected chi connectivity index (χ3v) is 5.40. The lowest BCUT2D eigenvalue weighted by Crippen LogP contribution is -2.51. The Hall–Kier alpha value is -1.40. The average Bonchev–Trinajstić information content (AvgIpc) is 3.11. The van der Waals surface area contributed by atoms with Crippen LogP contribution in [-0.4, -0.2) is 16.3 Å². The second-order valence-electron chi connectivity index (χ2n) is 6.78. The predicted octanol–water partition coefficient (Wildman–Crippen LogP) is 3.16. The first-order valence-corrected chi connectivity index (χ1v) is 9.03. The number of hydrogen-bond acceptors (Lipinski definition) is 2. The van der Waals surface area contributed by atoms with Crippen LogP contribution in [0.1, 0.15) is 36.8 Å². The highest BCUT2D eigenvalue weighted by Gasteiger charge is 2.39. The third-order valence-electron chi connectivity index (χ3n) is 4.97. The lowest BCUT2D eigenvalue weighted by molar-refractivity contribution is 0.389. The number of nitrogens with one attached hydrogen (secondary N) is 4. The topological polar surface area (TPSA) is 48.1 Å². The van der Waals surface area contributed by atoms with Gasteiger partial charge in [0.15, 0.2) is 10.2 Å². The van der Waals surface area contributed by atoms with Crippen LogP contribution >= 0.6 is 24.4 Å². The Kier molecular flexibility index (Phi) is 5.02. The molecule has 2 fully saturated rings. The average molecular weight is 349 g/mol. The highest BCUT2D eigenvalue weighted by molar-refractivity contribution is 7.80. The summed E-state index contributed by atoms with van der Waals surface area (Å²) in [4.78, 5) is 0. The molecule has 0 unspecified atom stereocenters. The second-order valence-corrected chi connectivity index (χ2v) is 7.59. The molecular weight excluding hydrogens is 324 g/mol. The van der Waals surface area contributed by atoms with Crippen LogP contribution in [0.4, 0.5) is 5.69 Å². The minimum atomic E-state index is 0.508. The molecule has 3 rings (SSSR count). The van der Waals surface area contributed by atoms with E-state index in [9.17, 15) is 0 Å². The molecule has 2 bridgehead atoms. The van der Waals surface area contributed by atoms with Gasteiger partial charge in [-0.1, -0.05) is 24.1 Å². The number of benzene rings is 1. The lowest BCUT2D eigenvalue weighted by Gasteiger charge is -2.25. The fraction of sp³-hybridized carbons (Fsp3) is 0.529. The van der Waals surface area contributed by atoms with Gasteiger partial charge < -0.3 is 10.6 Å². The van der Waals surface area contributed by atoms with E-state index < -0.39 is 0 Å². The zero-order chi connectivity index (χ0) is 16.4. The molecule has 4 nitrogen and oxygen atoms in total. The Morgan fingerprint density at radius 3 is 2.48 bits per heavy atom. The van der Waals surface area contributed by atoms with Gasteiger partial charge in [0.2, 0.25) is 0 Å². The Labute approximate surface area is 148 Å². The Balaban J connectivity index is 1.42. The Morgan fingerprint density at radius 1 is 1.04 bits per heavy atom. The molecule has 2 aliphatic rings. The molecule has 0 aromatic heterocycles. The van der Waals surface area contributed by atoms with Gasteiger partial charge >= 0.3 is 0 Å². The number of anilines is 1. The van der Waals surface area contributed by atoms with E-state index in [4.69, 9.17) is 24.4 Å². The molecule has 23 heavy (non-hydrogen) atoms. The first kappa shape index (κ1) is 16.5. The molecule has 0 amide bonds. The van der Waals surface area contributed by atoms with Crippen LogP contribution in [0.3, 0.4) is 0 Å². The third kappa shape index (κ3) is 4.12. The summed E-state index contributed by atoms with van der Waals surface area (Å²) in [7, 11) is 0. The van der Waals surface area contributed by atoms with E-state index in [0.29, 0.717) is 16.3 Å². The molecule has 4 N–H and O–H groups in total. The quantitative estimate of drug-likeness (QED) is 0.487. The molecule has 2 saturated carbocycles. The van der Waals surface area contributed by atoms with Crippen LogP contribution in [0.5, 0.6) is 0 Å². The standard InChI is InChI=1S/C17H24N4S2/c1-10-3-6-14(11(2)7-10)18-16(22)20-21-17(23)19-15-9-12-4-5-13(15)8-12/h3,6-7,12-13,15H,4-5,8-9H2,1-2H3,(H2,18,20,22)(H2,19,21,23)/t12-,13-,15-/m1/s1. The maximum absolute atomic E-state index is 5.36. The lowest BCUT2D eigenvalue weighted by atomic mass is 9.96. The fourth-order valence-corrected chi connectivity index (χ4v) is 4.21. The molecule has 0 spiro atoms. The normalized spacial score (nSPS) is 25.0. The number of hydrogen-bond donors (Lipinski definition) is 4. The summed E-state index contributed by atoms with van der Waals surface area (Å²) >= 11 is 10.7. The van der Waals surface area contributed by atoms with Gasteiger partial charge in [0, 0.05) is 11.7 Å². The number of hydrazine groups is 1. The highest BCUT2D eigenvalue weighted by Crippen LogP contribution is 2.44. The molecular formula is C17H24N4S2. The summed E-state index contributed by atoms with van der Waals surface area (Å²) < 4.78 is 0. The number of fused-ring (bicyclic) bond motifs is 2. The largest absolute Gasteiger partial charge is 0.358 e. The van der Waals surface area contributed by atoms with Crippen LogP contribution < -0.4 is 21.5 Å². The molecule has 1 aromatic rings. The van der Waals surface area contributed by atoms with Gasteiger partial charge in [-0.05, 0) is 81.0 Å². The summed E-state index contributed by atoms with van der Waals surface area (Å²) in [5.41, 5.74) is 9.35. The van der Waals surface area contributed by atoms with Crippen molar-refractivity contribution in [2.45, 2.75) is 45.6 Å². The van der Waals surface area contributed by atoms with Crippen LogP contribution in [0.15, 0.2) is 18.2 Å². The van der Waals surface area contributed by atoms with E-state index >= 15 is 0 Å². The van der Waals surface area contributed by atoms with Crippen molar-refractivity contribution < 1.29 is 0 Å². The molecule has 0 aliphatic heterocycles. The van der Waals surface area contributed by atoms with Crippen molar-refractivity contribution in [3.63, 3.8) is 0 Å². The van der Waals surface area contributed by atoms with Gasteiger partial charge in [-0.15, -0.1) is 0 Å². The van der Waals surface area contributed by atoms with Gasteiger partial charge in [-0.3, -0.25) is 10.9 Å². The first-order valence-electron chi connectivity index (χ1n) is 8.22. The summed E-state index contributed by atoms with van der Waals surface area (Å²) in [5.74, 6) is 1.69. The van der Waals surface area contributed by atoms with Gasteiger partial charge in [0.1, 0.15) is 0 Å². The zero-order valence-corrected chi connectivity index (χ0v) is 15.2. The van der Waals surface area contributed by atoms with Crippen LogP contribution in [-0.2, 0) is 0 Å². The molecule has 2 aliphatic carbocycles. The van der Waals surface area contributed by atoms with Crippen molar-refractivity contribution in [1.29, 1.82) is 0 Å². The van der Waals surface area contributed by atoms with Crippen molar-refractivity contribution >= 4 is 40.3 Å². The molecule has 3 atom stereocenters. The molecule has 1 aromatic carbocycles. The van der Waals surface area contributed by atoms with Crippen LogP contribution in [0.2, 0.25) is 0 Å². The summed E-state index contributed by atoms with van der Waals surface area (Å²) in [5, 5.41) is 7.73. The monoisotopic (exact) mass is 348 g/mol. The van der Waals surface area contributed by atoms with Crippen molar-refractivity contribution in [3.8, 4) is 0 Å². The summed E-state index contributed by atoms with van der Waals surface area (Å²) in [6, 6.07) is 6.74. The van der Waals surface area contributed by atoms with Crippen molar-refractivity contribution in [2.24, 2.45) is 11.8 Å². The molecule has 0 heterocycles. The summed E-state index contributed by atoms with van der Waals surface area (Å²) in [6.07, 6.45) is 5.34. The maximum Gasteiger partial charge on any atom is 0.189 e. The minimum Gasteiger partial charge on any atom is -0.358 e. The maximum atomic E-state index is 5.36. The smallest absolute Gasteiger partial charge is 0.189 e. The van der Waals surface area contributed by atoms with E-state index in [0.717, 1.165) is 23.1 Å². The van der Waals surface area contributed by atoms with Crippen LogP contribution in [0.25, 0.3) is 0 Å². The summed E-state index contributed by atoms with van der Waals surface area (Å²) in [6.45, 7) is 4.14. The SMILES string of the molecule is Cc1ccc(NC(=S)NNC(=S)N[C@@H]2C[C@@H]3CC[C@@H]2C3)c(C)c1. The van der Waals surface area contributed by atoms with Crippen molar-refractivity contribution in [3.05, 3.63) is 29.3 Å². The van der Waals surface area contributed by atoms with E-state index in [1.165, 1.54) is 31.2 Å². The van der Waals surface area contributed by atoms with E-state index in [-0.39, 0.29) is 0 Å². The van der Waals surface area contributed by atoms with E-state index in [2.05, 4.69) is 47.5 Å². The molecule has 0 saturated heterocycles. The number of rotatable bonds is 2. The van der Waals surface area contributed by atoms with Crippen LogP contribution in [0, 0.1) is 25.7 Å². The van der Waals surface area contributed by atoms with Gasteiger partial charge in [0.05, 0.1) is 0 Å².